The van der Waals surface area contributed by atoms with Gasteiger partial charge in [0.15, 0.2) is 0 Å². The molecule has 0 spiro atoms. The molecule has 0 bridgehead atoms. The topological polar surface area (TPSA) is 87.2 Å². The van der Waals surface area contributed by atoms with Gasteiger partial charge in [0, 0.05) is 18.0 Å². The number of nitrogens with one attached hydrogen (secondary N) is 2. The molecule has 0 radical (unpaired) electrons. The normalized spacial score (nSPS) is 11.0. The van der Waals surface area contributed by atoms with Gasteiger partial charge in [0.1, 0.15) is 0 Å². The highest BCUT2D eigenvalue weighted by Crippen LogP contribution is 2.14. The largest absolute Gasteiger partial charge is 0.321 e. The zero-order chi connectivity index (χ0) is 16.2. The van der Waals surface area contributed by atoms with Crippen LogP contribution in [0, 0.1) is 6.92 Å². The molecule has 1 amide bonds. The average molecular weight is 306 g/mol. The number of hydrazone groups is 1. The van der Waals surface area contributed by atoms with Crippen molar-refractivity contribution in [1.82, 2.24) is 15.4 Å². The van der Waals surface area contributed by atoms with Gasteiger partial charge in [-0.25, -0.2) is 5.43 Å². The number of rotatable bonds is 3. The summed E-state index contributed by atoms with van der Waals surface area (Å²) in [5.41, 5.74) is 4.74. The van der Waals surface area contributed by atoms with E-state index in [1.165, 1.54) is 18.6 Å². The summed E-state index contributed by atoms with van der Waals surface area (Å²) in [6.45, 7) is 1.93. The third-order valence-electron chi connectivity index (χ3n) is 3.43. The van der Waals surface area contributed by atoms with E-state index in [-0.39, 0.29) is 11.5 Å². The summed E-state index contributed by atoms with van der Waals surface area (Å²) in [6, 6.07) is 10.7. The lowest BCUT2D eigenvalue weighted by atomic mass is 10.1. The molecule has 1 aromatic carbocycles. The molecule has 23 heavy (non-hydrogen) atoms. The molecular weight excluding hydrogens is 292 g/mol. The molecule has 0 unspecified atom stereocenters. The first-order chi connectivity index (χ1) is 11.1. The SMILES string of the molecule is Cc1cccc2cc(/C=N\NC(=O)c3ccncc3)c(=O)[nH]c12. The van der Waals surface area contributed by atoms with Crippen molar-refractivity contribution in [3.05, 3.63) is 75.8 Å². The molecule has 0 saturated heterocycles. The minimum Gasteiger partial charge on any atom is -0.321 e. The predicted octanol–water partition coefficient (Wildman–Crippen LogP) is 2.00. The molecule has 0 aliphatic carbocycles. The molecule has 6 heteroatoms. The van der Waals surface area contributed by atoms with Crippen LogP contribution >= 0.6 is 0 Å². The van der Waals surface area contributed by atoms with Crippen molar-refractivity contribution in [2.45, 2.75) is 6.92 Å². The van der Waals surface area contributed by atoms with Crippen molar-refractivity contribution >= 4 is 23.0 Å². The molecule has 0 aliphatic heterocycles. The molecule has 2 N–H and O–H groups in total. The second-order valence-corrected chi connectivity index (χ2v) is 5.03. The fourth-order valence-electron chi connectivity index (χ4n) is 2.22. The number of nitrogens with zero attached hydrogens (tertiary/aromatic N) is 2. The molecule has 3 rings (SSSR count). The van der Waals surface area contributed by atoms with Gasteiger partial charge in [0.05, 0.1) is 17.3 Å². The number of aryl methyl sites for hydroxylation is 1. The molecule has 6 nitrogen and oxygen atoms in total. The first-order valence-electron chi connectivity index (χ1n) is 7.01. The first-order valence-corrected chi connectivity index (χ1v) is 7.01. The second kappa shape index (κ2) is 6.23. The molecule has 114 valence electrons. The Kier molecular flexibility index (Phi) is 3.97. The number of hydrogen-bond donors (Lipinski definition) is 2. The van der Waals surface area contributed by atoms with Crippen molar-refractivity contribution in [2.24, 2.45) is 5.10 Å². The Morgan fingerprint density at radius 2 is 2.04 bits per heavy atom. The van der Waals surface area contributed by atoms with E-state index in [0.717, 1.165) is 16.5 Å². The summed E-state index contributed by atoms with van der Waals surface area (Å²) in [5, 5.41) is 4.75. The van der Waals surface area contributed by atoms with Gasteiger partial charge < -0.3 is 4.98 Å². The first kappa shape index (κ1) is 14.6. The Hall–Kier alpha value is -3.28. The number of carbonyl (C=O) groups excluding carboxylic acids is 1. The molecular formula is C17H14N4O2. The van der Waals surface area contributed by atoms with Gasteiger partial charge in [-0.2, -0.15) is 5.10 Å². The number of H-pyrrole nitrogens is 1. The predicted molar refractivity (Wildman–Crippen MR) is 88.6 cm³/mol. The summed E-state index contributed by atoms with van der Waals surface area (Å²) in [4.78, 5) is 30.6. The number of hydrogen-bond acceptors (Lipinski definition) is 4. The zero-order valence-corrected chi connectivity index (χ0v) is 12.4. The smallest absolute Gasteiger partial charge is 0.271 e. The maximum atomic E-state index is 12.1. The number of amides is 1. The number of aromatic amines is 1. The lowest BCUT2D eigenvalue weighted by molar-refractivity contribution is 0.0955. The van der Waals surface area contributed by atoms with Gasteiger partial charge in [-0.05, 0) is 36.1 Å². The van der Waals surface area contributed by atoms with Gasteiger partial charge in [0.25, 0.3) is 11.5 Å². The van der Waals surface area contributed by atoms with Crippen molar-refractivity contribution in [3.63, 3.8) is 0 Å². The average Bonchev–Trinajstić information content (AvgIpc) is 2.57. The number of pyridine rings is 2. The highest BCUT2D eigenvalue weighted by molar-refractivity contribution is 5.95. The van der Waals surface area contributed by atoms with Crippen LogP contribution in [0.1, 0.15) is 21.5 Å². The van der Waals surface area contributed by atoms with Gasteiger partial charge in [0.2, 0.25) is 0 Å². The van der Waals surface area contributed by atoms with Crippen LogP contribution in [0.2, 0.25) is 0 Å². The number of carbonyl (C=O) groups is 1. The van der Waals surface area contributed by atoms with E-state index < -0.39 is 0 Å². The zero-order valence-electron chi connectivity index (χ0n) is 12.4. The Bertz CT molecular complexity index is 946. The van der Waals surface area contributed by atoms with Gasteiger partial charge in [-0.15, -0.1) is 0 Å². The van der Waals surface area contributed by atoms with Gasteiger partial charge in [-0.1, -0.05) is 18.2 Å². The van der Waals surface area contributed by atoms with E-state index in [0.29, 0.717) is 11.1 Å². The third kappa shape index (κ3) is 3.16. The number of fused-ring (bicyclic) bond motifs is 1. The molecule has 2 heterocycles. The lowest BCUT2D eigenvalue weighted by Crippen LogP contribution is -2.19. The van der Waals surface area contributed by atoms with E-state index in [1.54, 1.807) is 18.2 Å². The number of benzene rings is 1. The monoisotopic (exact) mass is 306 g/mol. The van der Waals surface area contributed by atoms with Crippen molar-refractivity contribution in [3.8, 4) is 0 Å². The van der Waals surface area contributed by atoms with E-state index >= 15 is 0 Å². The van der Waals surface area contributed by atoms with Crippen LogP contribution in [0.15, 0.2) is 58.7 Å². The summed E-state index contributed by atoms with van der Waals surface area (Å²) < 4.78 is 0. The third-order valence-corrected chi connectivity index (χ3v) is 3.43. The highest BCUT2D eigenvalue weighted by Gasteiger charge is 2.04. The molecule has 0 atom stereocenters. The second-order valence-electron chi connectivity index (χ2n) is 5.03. The Balaban J connectivity index is 1.83. The number of para-hydroxylation sites is 1. The summed E-state index contributed by atoms with van der Waals surface area (Å²) in [6.07, 6.45) is 4.38. The van der Waals surface area contributed by atoms with Crippen LogP contribution in [0.4, 0.5) is 0 Å². The molecule has 3 aromatic rings. The Labute approximate surface area is 131 Å². The van der Waals surface area contributed by atoms with Crippen LogP contribution in [0.5, 0.6) is 0 Å². The van der Waals surface area contributed by atoms with E-state index in [9.17, 15) is 9.59 Å². The fraction of sp³-hybridized carbons (Fsp3) is 0.0588. The van der Waals surface area contributed by atoms with Crippen LogP contribution in [-0.4, -0.2) is 22.1 Å². The fourth-order valence-corrected chi connectivity index (χ4v) is 2.22. The minimum atomic E-state index is -0.364. The van der Waals surface area contributed by atoms with Crippen LogP contribution < -0.4 is 11.0 Å². The van der Waals surface area contributed by atoms with E-state index in [4.69, 9.17) is 0 Å². The van der Waals surface area contributed by atoms with Gasteiger partial charge in [-0.3, -0.25) is 14.6 Å². The number of aromatic nitrogens is 2. The minimum absolute atomic E-state index is 0.256. The Morgan fingerprint density at radius 3 is 2.83 bits per heavy atom. The van der Waals surface area contributed by atoms with E-state index in [2.05, 4.69) is 20.5 Å². The maximum Gasteiger partial charge on any atom is 0.271 e. The molecule has 2 aromatic heterocycles. The summed E-state index contributed by atoms with van der Waals surface area (Å²) >= 11 is 0. The highest BCUT2D eigenvalue weighted by atomic mass is 16.2. The van der Waals surface area contributed by atoms with Gasteiger partial charge >= 0.3 is 0 Å². The van der Waals surface area contributed by atoms with Crippen LogP contribution in [-0.2, 0) is 0 Å². The summed E-state index contributed by atoms with van der Waals surface area (Å²) in [7, 11) is 0. The standard InChI is InChI=1S/C17H14N4O2/c1-11-3-2-4-13-9-14(16(22)20-15(11)13)10-19-21-17(23)12-5-7-18-8-6-12/h2-10H,1H3,(H,20,22)(H,21,23)/b19-10-. The van der Waals surface area contributed by atoms with Crippen molar-refractivity contribution in [2.75, 3.05) is 0 Å². The summed E-state index contributed by atoms with van der Waals surface area (Å²) in [5.74, 6) is -0.364. The molecule has 0 aliphatic rings. The van der Waals surface area contributed by atoms with Crippen LogP contribution in [0.3, 0.4) is 0 Å². The maximum absolute atomic E-state index is 12.1. The van der Waals surface area contributed by atoms with Crippen LogP contribution in [0.25, 0.3) is 10.9 Å². The quantitative estimate of drug-likeness (QED) is 0.573. The molecule has 0 fully saturated rings. The van der Waals surface area contributed by atoms with Crippen molar-refractivity contribution in [1.29, 1.82) is 0 Å². The van der Waals surface area contributed by atoms with Crippen molar-refractivity contribution < 1.29 is 4.79 Å². The van der Waals surface area contributed by atoms with E-state index in [1.807, 2.05) is 25.1 Å². The molecule has 0 saturated carbocycles. The lowest BCUT2D eigenvalue weighted by Gasteiger charge is -2.02. The Morgan fingerprint density at radius 1 is 1.26 bits per heavy atom.